The molecule has 40 heavy (non-hydrogen) atoms. The number of nitrogens with zero attached hydrogens (tertiary/aromatic N) is 2. The number of carbonyl (C=O) groups excluding carboxylic acids is 3. The number of Topliss-reactive ketones (excluding diaryl/α,β-unsaturated/α-hetero) is 1. The molecule has 1 saturated heterocycles. The average Bonchev–Trinajstić information content (AvgIpc) is 3.70. The fourth-order valence-electron chi connectivity index (χ4n) is 5.22. The second-order valence-corrected chi connectivity index (χ2v) is 10.7. The Bertz CT molecular complexity index is 1580. The van der Waals surface area contributed by atoms with Crippen molar-refractivity contribution in [3.8, 4) is 5.69 Å². The lowest BCUT2D eigenvalue weighted by atomic mass is 10.1. The Morgan fingerprint density at radius 1 is 0.800 bits per heavy atom. The van der Waals surface area contributed by atoms with Crippen molar-refractivity contribution in [2.75, 3.05) is 23.3 Å². The predicted molar refractivity (Wildman–Crippen MR) is 156 cm³/mol. The van der Waals surface area contributed by atoms with Crippen molar-refractivity contribution in [2.24, 2.45) is 0 Å². The van der Waals surface area contributed by atoms with Crippen molar-refractivity contribution in [3.05, 3.63) is 89.6 Å². The molecule has 2 heterocycles. The third kappa shape index (κ3) is 5.35. The summed E-state index contributed by atoms with van der Waals surface area (Å²) in [5.41, 5.74) is 4.99. The molecule has 204 valence electrons. The minimum atomic E-state index is -0.233. The molecule has 0 unspecified atom stereocenters. The summed E-state index contributed by atoms with van der Waals surface area (Å²) in [5, 5.41) is 16.4. The molecule has 0 spiro atoms. The molecule has 8 heteroatoms. The number of anilines is 2. The molecule has 1 aliphatic heterocycles. The van der Waals surface area contributed by atoms with E-state index in [4.69, 9.17) is 0 Å². The van der Waals surface area contributed by atoms with Crippen LogP contribution < -0.4 is 15.5 Å². The van der Waals surface area contributed by atoms with E-state index >= 15 is 0 Å². The molecule has 4 aromatic rings. The minimum Gasteiger partial charge on any atom is -0.393 e. The Kier molecular flexibility index (Phi) is 6.86. The van der Waals surface area contributed by atoms with Gasteiger partial charge < -0.3 is 25.2 Å². The Morgan fingerprint density at radius 3 is 2.05 bits per heavy atom. The summed E-state index contributed by atoms with van der Waals surface area (Å²) in [5.74, 6) is -0.380. The van der Waals surface area contributed by atoms with Gasteiger partial charge in [0, 0.05) is 64.5 Å². The third-order valence-corrected chi connectivity index (χ3v) is 7.72. The van der Waals surface area contributed by atoms with Crippen molar-refractivity contribution >= 4 is 39.9 Å². The topological polar surface area (TPSA) is 104 Å². The number of carbonyl (C=O) groups is 3. The van der Waals surface area contributed by atoms with Gasteiger partial charge in [0.05, 0.1) is 11.6 Å². The van der Waals surface area contributed by atoms with E-state index in [9.17, 15) is 19.5 Å². The third-order valence-electron chi connectivity index (χ3n) is 7.72. The van der Waals surface area contributed by atoms with Gasteiger partial charge in [-0.15, -0.1) is 0 Å². The van der Waals surface area contributed by atoms with E-state index in [0.717, 1.165) is 61.1 Å². The number of hydrogen-bond acceptors (Lipinski definition) is 5. The second-order valence-electron chi connectivity index (χ2n) is 10.7. The number of fused-ring (bicyclic) bond motifs is 1. The number of nitrogens with one attached hydrogen (secondary N) is 2. The minimum absolute atomic E-state index is 0.0720. The first-order chi connectivity index (χ1) is 19.4. The van der Waals surface area contributed by atoms with E-state index in [1.807, 2.05) is 47.0 Å². The van der Waals surface area contributed by atoms with Gasteiger partial charge in [-0.1, -0.05) is 0 Å². The molecule has 2 aliphatic rings. The number of ketones is 1. The highest BCUT2D eigenvalue weighted by molar-refractivity contribution is 6.10. The number of aliphatic hydroxyl groups excluding tert-OH is 1. The first-order valence-corrected chi connectivity index (χ1v) is 13.8. The van der Waals surface area contributed by atoms with Crippen molar-refractivity contribution < 1.29 is 19.5 Å². The van der Waals surface area contributed by atoms with Crippen LogP contribution in [0.4, 0.5) is 11.4 Å². The summed E-state index contributed by atoms with van der Waals surface area (Å²) in [6.07, 6.45) is 5.13. The summed E-state index contributed by atoms with van der Waals surface area (Å²) in [4.78, 5) is 40.1. The summed E-state index contributed by atoms with van der Waals surface area (Å²) < 4.78 is 1.93. The summed E-state index contributed by atoms with van der Waals surface area (Å²) in [6.45, 7) is 3.12. The molecule has 3 N–H and O–H groups in total. The second kappa shape index (κ2) is 10.6. The predicted octanol–water partition coefficient (Wildman–Crippen LogP) is 4.94. The molecule has 1 saturated carbocycles. The highest BCUT2D eigenvalue weighted by Gasteiger charge is 2.24. The van der Waals surface area contributed by atoms with Gasteiger partial charge in [0.15, 0.2) is 5.78 Å². The molecule has 2 fully saturated rings. The molecular formula is C32H32N4O4. The monoisotopic (exact) mass is 536 g/mol. The van der Waals surface area contributed by atoms with Gasteiger partial charge in [-0.3, -0.25) is 14.4 Å². The van der Waals surface area contributed by atoms with Gasteiger partial charge in [-0.05, 0) is 99.3 Å². The summed E-state index contributed by atoms with van der Waals surface area (Å²) in [7, 11) is 0. The van der Waals surface area contributed by atoms with Crippen LogP contribution in [0.2, 0.25) is 0 Å². The maximum absolute atomic E-state index is 13.0. The molecule has 2 amide bonds. The number of amides is 2. The van der Waals surface area contributed by atoms with Gasteiger partial charge in [0.2, 0.25) is 0 Å². The average molecular weight is 537 g/mol. The first kappa shape index (κ1) is 25.8. The fourth-order valence-corrected chi connectivity index (χ4v) is 5.22. The van der Waals surface area contributed by atoms with Crippen LogP contribution in [0, 0.1) is 0 Å². The number of aromatic nitrogens is 1. The van der Waals surface area contributed by atoms with Gasteiger partial charge in [-0.25, -0.2) is 0 Å². The standard InChI is InChI=1S/C32H32N4O4/c1-20(37)29-19-36(26-11-4-22(5-12-26)31(39)33-23-6-7-23)30-13-8-24(18-28(29)30)34-32(40)21-2-9-25(10-3-21)35-16-14-27(38)15-17-35/h2-5,8-13,18-19,23,27,38H,6-7,14-17H2,1H3,(H,33,39)(H,34,40). The van der Waals surface area contributed by atoms with E-state index in [1.165, 1.54) is 6.92 Å². The highest BCUT2D eigenvalue weighted by atomic mass is 16.3. The van der Waals surface area contributed by atoms with E-state index < -0.39 is 0 Å². The lowest BCUT2D eigenvalue weighted by Crippen LogP contribution is -2.35. The Labute approximate surface area is 232 Å². The quantitative estimate of drug-likeness (QED) is 0.290. The molecule has 8 nitrogen and oxygen atoms in total. The highest BCUT2D eigenvalue weighted by Crippen LogP contribution is 2.29. The summed E-state index contributed by atoms with van der Waals surface area (Å²) >= 11 is 0. The number of hydrogen-bond donors (Lipinski definition) is 3. The van der Waals surface area contributed by atoms with Crippen molar-refractivity contribution in [3.63, 3.8) is 0 Å². The molecule has 3 aromatic carbocycles. The lowest BCUT2D eigenvalue weighted by molar-refractivity contribution is 0.0949. The zero-order valence-corrected chi connectivity index (χ0v) is 22.4. The molecular weight excluding hydrogens is 504 g/mol. The maximum Gasteiger partial charge on any atom is 0.255 e. The number of benzene rings is 3. The molecule has 6 rings (SSSR count). The largest absolute Gasteiger partial charge is 0.393 e. The smallest absolute Gasteiger partial charge is 0.255 e. The van der Waals surface area contributed by atoms with Crippen LogP contribution in [0.15, 0.2) is 72.9 Å². The SMILES string of the molecule is CC(=O)c1cn(-c2ccc(C(=O)NC3CC3)cc2)c2ccc(NC(=O)c3ccc(N4CCC(O)CC4)cc3)cc12. The van der Waals surface area contributed by atoms with Crippen LogP contribution in [-0.4, -0.2) is 52.5 Å². The van der Waals surface area contributed by atoms with Crippen LogP contribution in [0.5, 0.6) is 0 Å². The molecule has 0 radical (unpaired) electrons. The maximum atomic E-state index is 13.0. The van der Waals surface area contributed by atoms with Crippen LogP contribution in [0.25, 0.3) is 16.6 Å². The van der Waals surface area contributed by atoms with Crippen molar-refractivity contribution in [1.29, 1.82) is 0 Å². The summed E-state index contributed by atoms with van der Waals surface area (Å²) in [6, 6.07) is 20.6. The Morgan fingerprint density at radius 2 is 1.43 bits per heavy atom. The van der Waals surface area contributed by atoms with Crippen LogP contribution in [0.1, 0.15) is 63.7 Å². The number of rotatable bonds is 7. The van der Waals surface area contributed by atoms with Crippen LogP contribution >= 0.6 is 0 Å². The van der Waals surface area contributed by atoms with Gasteiger partial charge in [-0.2, -0.15) is 0 Å². The van der Waals surface area contributed by atoms with Crippen molar-refractivity contribution in [1.82, 2.24) is 9.88 Å². The number of aliphatic hydroxyl groups is 1. The van der Waals surface area contributed by atoms with Crippen LogP contribution in [0.3, 0.4) is 0 Å². The Balaban J connectivity index is 1.21. The van der Waals surface area contributed by atoms with Crippen LogP contribution in [-0.2, 0) is 0 Å². The van der Waals surface area contributed by atoms with Crippen molar-refractivity contribution in [2.45, 2.75) is 44.8 Å². The van der Waals surface area contributed by atoms with E-state index in [0.29, 0.717) is 28.4 Å². The van der Waals surface area contributed by atoms with Gasteiger partial charge in [0.1, 0.15) is 0 Å². The normalized spacial score (nSPS) is 15.7. The molecule has 1 aliphatic carbocycles. The molecule has 0 atom stereocenters. The molecule has 1 aromatic heterocycles. The van der Waals surface area contributed by atoms with E-state index in [2.05, 4.69) is 15.5 Å². The van der Waals surface area contributed by atoms with Gasteiger partial charge in [0.25, 0.3) is 11.8 Å². The Hall–Kier alpha value is -4.43. The van der Waals surface area contributed by atoms with Gasteiger partial charge >= 0.3 is 0 Å². The zero-order chi connectivity index (χ0) is 27.8. The molecule has 0 bridgehead atoms. The van der Waals surface area contributed by atoms with E-state index in [-0.39, 0.29) is 23.7 Å². The fraction of sp³-hybridized carbons (Fsp3) is 0.281. The lowest BCUT2D eigenvalue weighted by Gasteiger charge is -2.31. The zero-order valence-electron chi connectivity index (χ0n) is 22.4. The first-order valence-electron chi connectivity index (χ1n) is 13.8. The van der Waals surface area contributed by atoms with E-state index in [1.54, 1.807) is 30.5 Å². The number of piperidine rings is 1.